The molecule has 0 saturated carbocycles. The highest BCUT2D eigenvalue weighted by atomic mass is 19.1. The summed E-state index contributed by atoms with van der Waals surface area (Å²) < 4.78 is 20.1. The van der Waals surface area contributed by atoms with Crippen molar-refractivity contribution in [3.63, 3.8) is 0 Å². The lowest BCUT2D eigenvalue weighted by Crippen LogP contribution is -2.45. The zero-order valence-corrected chi connectivity index (χ0v) is 16.6. The highest BCUT2D eigenvalue weighted by Crippen LogP contribution is 2.28. The van der Waals surface area contributed by atoms with Crippen LogP contribution in [-0.4, -0.2) is 59.1 Å². The first-order valence-corrected chi connectivity index (χ1v) is 9.34. The van der Waals surface area contributed by atoms with Crippen molar-refractivity contribution < 1.29 is 23.5 Å². The van der Waals surface area contributed by atoms with Crippen LogP contribution in [0.25, 0.3) is 0 Å². The summed E-state index contributed by atoms with van der Waals surface area (Å²) in [5.74, 6) is -0.718. The number of hydrogen-bond donors (Lipinski definition) is 0. The highest BCUT2D eigenvalue weighted by molar-refractivity contribution is 6.21. The van der Waals surface area contributed by atoms with Gasteiger partial charge in [0.05, 0.1) is 24.2 Å². The second-order valence-electron chi connectivity index (χ2n) is 8.19. The Kier molecular flexibility index (Phi) is 5.28. The third kappa shape index (κ3) is 3.93. The normalized spacial score (nSPS) is 21.7. The predicted octanol–water partition coefficient (Wildman–Crippen LogP) is 3.58. The quantitative estimate of drug-likeness (QED) is 0.574. The van der Waals surface area contributed by atoms with Crippen LogP contribution in [0.1, 0.15) is 54.8 Å². The van der Waals surface area contributed by atoms with Gasteiger partial charge < -0.3 is 9.64 Å². The van der Waals surface area contributed by atoms with Crippen LogP contribution >= 0.6 is 0 Å². The number of amides is 3. The molecule has 3 amide bonds. The van der Waals surface area contributed by atoms with Crippen LogP contribution in [0.4, 0.5) is 9.18 Å². The van der Waals surface area contributed by atoms with Gasteiger partial charge in [-0.2, -0.15) is 0 Å². The Bertz CT molecular complexity index is 821. The fourth-order valence-corrected chi connectivity index (χ4v) is 3.50. The second kappa shape index (κ2) is 7.37. The van der Waals surface area contributed by atoms with Gasteiger partial charge in [0.25, 0.3) is 11.8 Å². The molecular formula is C21H25FN2O4. The van der Waals surface area contributed by atoms with Crippen molar-refractivity contribution in [2.24, 2.45) is 0 Å². The number of likely N-dealkylation sites (tertiary alicyclic amines) is 1. The van der Waals surface area contributed by atoms with Crippen LogP contribution < -0.4 is 0 Å². The fourth-order valence-electron chi connectivity index (χ4n) is 3.50. The molecule has 1 saturated heterocycles. The van der Waals surface area contributed by atoms with Crippen molar-refractivity contribution in [1.82, 2.24) is 9.80 Å². The van der Waals surface area contributed by atoms with Gasteiger partial charge in [-0.3, -0.25) is 14.5 Å². The monoisotopic (exact) mass is 388 g/mol. The molecule has 0 bridgehead atoms. The summed E-state index contributed by atoms with van der Waals surface area (Å²) in [5.41, 5.74) is 1.30. The summed E-state index contributed by atoms with van der Waals surface area (Å²) in [6, 6.07) is 6.66. The van der Waals surface area contributed by atoms with E-state index in [2.05, 4.69) is 0 Å². The average Bonchev–Trinajstić information content (AvgIpc) is 2.85. The van der Waals surface area contributed by atoms with Crippen LogP contribution in [0, 0.1) is 0 Å². The van der Waals surface area contributed by atoms with E-state index in [9.17, 15) is 18.8 Å². The molecule has 1 fully saturated rings. The maximum Gasteiger partial charge on any atom is 0.410 e. The van der Waals surface area contributed by atoms with Crippen LogP contribution in [0.2, 0.25) is 0 Å². The van der Waals surface area contributed by atoms with Crippen LogP contribution in [0.15, 0.2) is 35.4 Å². The van der Waals surface area contributed by atoms with Crippen molar-refractivity contribution >= 4 is 17.9 Å². The maximum atomic E-state index is 14.8. The number of alkyl halides is 1. The molecule has 28 heavy (non-hydrogen) atoms. The molecule has 150 valence electrons. The van der Waals surface area contributed by atoms with Gasteiger partial charge >= 0.3 is 6.09 Å². The number of nitrogens with zero attached hydrogens (tertiary/aromatic N) is 2. The number of carbonyl (C=O) groups is 3. The molecule has 1 atom stereocenters. The Labute approximate surface area is 163 Å². The van der Waals surface area contributed by atoms with Gasteiger partial charge in [0.2, 0.25) is 0 Å². The third-order valence-electron chi connectivity index (χ3n) is 4.88. The number of rotatable bonds is 2. The van der Waals surface area contributed by atoms with Crippen molar-refractivity contribution in [2.45, 2.75) is 45.9 Å². The van der Waals surface area contributed by atoms with Gasteiger partial charge in [-0.05, 0) is 51.8 Å². The molecule has 0 aromatic heterocycles. The molecule has 0 aliphatic carbocycles. The number of hydrogen-bond acceptors (Lipinski definition) is 4. The topological polar surface area (TPSA) is 66.9 Å². The van der Waals surface area contributed by atoms with E-state index in [1.54, 1.807) is 52.0 Å². The Balaban J connectivity index is 1.69. The molecular weight excluding hydrogens is 363 g/mol. The molecule has 3 rings (SSSR count). The molecule has 0 radical (unpaired) electrons. The van der Waals surface area contributed by atoms with Gasteiger partial charge in [0, 0.05) is 6.54 Å². The lowest BCUT2D eigenvalue weighted by molar-refractivity contribution is 0.0184. The second-order valence-corrected chi connectivity index (χ2v) is 8.19. The van der Waals surface area contributed by atoms with Crippen LogP contribution in [0.3, 0.4) is 0 Å². The Hall–Kier alpha value is -2.70. The fraction of sp³-hybridized carbons (Fsp3) is 0.476. The summed E-state index contributed by atoms with van der Waals surface area (Å²) >= 11 is 0. The number of imide groups is 1. The summed E-state index contributed by atoms with van der Waals surface area (Å²) in [5, 5.41) is 0. The van der Waals surface area contributed by atoms with E-state index < -0.39 is 17.9 Å². The van der Waals surface area contributed by atoms with E-state index in [1.807, 2.05) is 0 Å². The average molecular weight is 388 g/mol. The van der Waals surface area contributed by atoms with Gasteiger partial charge in [0.1, 0.15) is 11.8 Å². The molecule has 2 heterocycles. The number of carbonyl (C=O) groups excluding carboxylic acids is 3. The van der Waals surface area contributed by atoms with Crippen molar-refractivity contribution in [1.29, 1.82) is 0 Å². The number of fused-ring (bicyclic) bond motifs is 1. The van der Waals surface area contributed by atoms with Gasteiger partial charge in [0.15, 0.2) is 0 Å². The molecule has 2 aliphatic heterocycles. The van der Waals surface area contributed by atoms with Crippen molar-refractivity contribution in [3.8, 4) is 0 Å². The Morgan fingerprint density at radius 1 is 1.18 bits per heavy atom. The van der Waals surface area contributed by atoms with E-state index in [0.29, 0.717) is 35.2 Å². The molecule has 0 spiro atoms. The molecule has 6 nitrogen and oxygen atoms in total. The summed E-state index contributed by atoms with van der Waals surface area (Å²) in [6.45, 7) is 7.31. The molecule has 1 aromatic rings. The first kappa shape index (κ1) is 20.0. The number of halogens is 1. The molecule has 7 heteroatoms. The number of ether oxygens (including phenoxy) is 1. The first-order chi connectivity index (χ1) is 13.1. The minimum absolute atomic E-state index is 0.0501. The summed E-state index contributed by atoms with van der Waals surface area (Å²) in [7, 11) is 0. The Morgan fingerprint density at radius 3 is 2.25 bits per heavy atom. The minimum Gasteiger partial charge on any atom is -0.444 e. The molecule has 2 aliphatic rings. The predicted molar refractivity (Wildman–Crippen MR) is 102 cm³/mol. The minimum atomic E-state index is -1.35. The smallest absolute Gasteiger partial charge is 0.410 e. The van der Waals surface area contributed by atoms with E-state index >= 15 is 0 Å². The van der Waals surface area contributed by atoms with Crippen molar-refractivity contribution in [3.05, 3.63) is 46.5 Å². The van der Waals surface area contributed by atoms with Crippen LogP contribution in [-0.2, 0) is 4.74 Å². The standard InChI is InChI=1S/C21H25FN2O4/c1-13(11-24-18(25)15-7-5-6-8-16(15)19(24)26)14-9-10-23(12-17(14)22)20(27)28-21(2,3)4/h5-8,17H,9-12H2,1-4H3. The third-order valence-corrected chi connectivity index (χ3v) is 4.88. The van der Waals surface area contributed by atoms with Gasteiger partial charge in [-0.1, -0.05) is 17.7 Å². The lowest BCUT2D eigenvalue weighted by atomic mass is 9.97. The summed E-state index contributed by atoms with van der Waals surface area (Å²) in [4.78, 5) is 39.7. The van der Waals surface area contributed by atoms with E-state index in [0.717, 1.165) is 4.90 Å². The molecule has 1 unspecified atom stereocenters. The molecule has 1 aromatic carbocycles. The highest BCUT2D eigenvalue weighted by Gasteiger charge is 2.36. The van der Waals surface area contributed by atoms with E-state index in [1.165, 1.54) is 4.90 Å². The maximum absolute atomic E-state index is 14.8. The lowest BCUT2D eigenvalue weighted by Gasteiger charge is -2.33. The van der Waals surface area contributed by atoms with Gasteiger partial charge in [-0.15, -0.1) is 0 Å². The van der Waals surface area contributed by atoms with E-state index in [-0.39, 0.29) is 24.9 Å². The van der Waals surface area contributed by atoms with Crippen LogP contribution in [0.5, 0.6) is 0 Å². The molecule has 0 N–H and O–H groups in total. The zero-order chi connectivity index (χ0) is 20.6. The van der Waals surface area contributed by atoms with Gasteiger partial charge in [-0.25, -0.2) is 9.18 Å². The zero-order valence-electron chi connectivity index (χ0n) is 16.6. The Morgan fingerprint density at radius 2 is 1.75 bits per heavy atom. The first-order valence-electron chi connectivity index (χ1n) is 9.34. The van der Waals surface area contributed by atoms with Crippen molar-refractivity contribution in [2.75, 3.05) is 19.6 Å². The SMILES string of the molecule is CC(CN1C(=O)c2ccccc2C1=O)=C1CCN(C(=O)OC(C)(C)C)CC1F. The number of benzene rings is 1. The van der Waals surface area contributed by atoms with E-state index in [4.69, 9.17) is 4.74 Å². The summed E-state index contributed by atoms with van der Waals surface area (Å²) in [6.07, 6.45) is -1.54. The largest absolute Gasteiger partial charge is 0.444 e. The number of piperidine rings is 1.